The molecule has 27 heavy (non-hydrogen) atoms. The van der Waals surface area contributed by atoms with Gasteiger partial charge in [-0.1, -0.05) is 6.07 Å². The third-order valence-corrected chi connectivity index (χ3v) is 7.38. The normalized spacial score (nSPS) is 25.8. The summed E-state index contributed by atoms with van der Waals surface area (Å²) in [5.41, 5.74) is 0.900. The van der Waals surface area contributed by atoms with Gasteiger partial charge >= 0.3 is 5.97 Å². The predicted molar refractivity (Wildman–Crippen MR) is 98.9 cm³/mol. The molecule has 2 aliphatic rings. The van der Waals surface area contributed by atoms with Gasteiger partial charge in [0.25, 0.3) is 0 Å². The number of hydrogen-bond acceptors (Lipinski definition) is 6. The second kappa shape index (κ2) is 8.16. The molecule has 7 nitrogen and oxygen atoms in total. The number of sulfonamides is 1. The van der Waals surface area contributed by atoms with E-state index >= 15 is 0 Å². The van der Waals surface area contributed by atoms with Gasteiger partial charge in [0, 0.05) is 13.2 Å². The molecule has 1 aliphatic heterocycles. The minimum atomic E-state index is -3.87. The second-order valence-electron chi connectivity index (χ2n) is 7.44. The molecule has 0 radical (unpaired) electrons. The first-order valence-electron chi connectivity index (χ1n) is 9.30. The number of esters is 1. The Hall–Kier alpha value is -1.64. The van der Waals surface area contributed by atoms with E-state index < -0.39 is 22.0 Å². The van der Waals surface area contributed by atoms with E-state index in [1.807, 2.05) is 6.92 Å². The van der Waals surface area contributed by atoms with Crippen molar-refractivity contribution in [2.75, 3.05) is 26.9 Å². The number of aliphatic hydroxyl groups is 1. The first-order chi connectivity index (χ1) is 12.9. The minimum Gasteiger partial charge on any atom is -0.492 e. The van der Waals surface area contributed by atoms with Gasteiger partial charge in [-0.2, -0.15) is 4.31 Å². The van der Waals surface area contributed by atoms with Crippen LogP contribution in [0.1, 0.15) is 31.2 Å². The molecule has 0 unspecified atom stereocenters. The van der Waals surface area contributed by atoms with Crippen molar-refractivity contribution in [2.45, 2.75) is 43.5 Å². The van der Waals surface area contributed by atoms with Gasteiger partial charge in [-0.05, 0) is 62.1 Å². The van der Waals surface area contributed by atoms with Gasteiger partial charge in [0.15, 0.2) is 0 Å². The number of carbonyl (C=O) groups is 1. The topological polar surface area (TPSA) is 93.1 Å². The fraction of sp³-hybridized carbons (Fsp3) is 0.632. The third-order valence-electron chi connectivity index (χ3n) is 5.43. The molecule has 150 valence electrons. The molecule has 1 heterocycles. The average molecular weight is 397 g/mol. The number of ether oxygens (including phenoxy) is 2. The number of aliphatic hydroxyl groups excluding tert-OH is 1. The summed E-state index contributed by atoms with van der Waals surface area (Å²) in [6, 6.07) is 4.21. The smallest absolute Gasteiger partial charge is 0.324 e. The lowest BCUT2D eigenvalue weighted by atomic mass is 9.76. The molecular formula is C19H27NO6S. The van der Waals surface area contributed by atoms with Crippen LogP contribution in [0.15, 0.2) is 23.1 Å². The van der Waals surface area contributed by atoms with E-state index in [4.69, 9.17) is 14.6 Å². The van der Waals surface area contributed by atoms with Crippen LogP contribution in [0.4, 0.5) is 0 Å². The van der Waals surface area contributed by atoms with Crippen molar-refractivity contribution in [3.63, 3.8) is 0 Å². The Morgan fingerprint density at radius 1 is 1.30 bits per heavy atom. The third kappa shape index (κ3) is 4.12. The van der Waals surface area contributed by atoms with Gasteiger partial charge in [-0.3, -0.25) is 4.79 Å². The van der Waals surface area contributed by atoms with E-state index in [0.717, 1.165) is 18.4 Å². The van der Waals surface area contributed by atoms with Crippen molar-refractivity contribution >= 4 is 16.0 Å². The fourth-order valence-corrected chi connectivity index (χ4v) is 5.59. The molecule has 1 atom stereocenters. The molecule has 2 fully saturated rings. The summed E-state index contributed by atoms with van der Waals surface area (Å²) < 4.78 is 38.3. The molecular weight excluding hydrogens is 370 g/mol. The highest BCUT2D eigenvalue weighted by Gasteiger charge is 2.41. The van der Waals surface area contributed by atoms with Crippen LogP contribution in [0.5, 0.6) is 5.75 Å². The fourth-order valence-electron chi connectivity index (χ4n) is 3.83. The highest BCUT2D eigenvalue weighted by molar-refractivity contribution is 7.89. The van der Waals surface area contributed by atoms with Crippen molar-refractivity contribution < 1.29 is 27.8 Å². The van der Waals surface area contributed by atoms with E-state index in [2.05, 4.69) is 0 Å². The lowest BCUT2D eigenvalue weighted by Gasteiger charge is -2.34. The Morgan fingerprint density at radius 2 is 2.04 bits per heavy atom. The Bertz CT molecular complexity index is 787. The molecule has 1 saturated carbocycles. The Labute approximate surface area is 160 Å². The van der Waals surface area contributed by atoms with Crippen LogP contribution in [0.3, 0.4) is 0 Å². The number of aryl methyl sites for hydroxylation is 1. The average Bonchev–Trinajstić information content (AvgIpc) is 3.10. The summed E-state index contributed by atoms with van der Waals surface area (Å²) in [5, 5.41) is 9.12. The van der Waals surface area contributed by atoms with Gasteiger partial charge in [0.1, 0.15) is 16.7 Å². The standard InChI is InChI=1S/C19H27NO6S/c1-13-5-6-18(17(8-13)26-12-15-9-14(10-15)11-21)27(23,24)20-7-3-4-16(20)19(22)25-2/h5-6,8,14-16,21H,3-4,7,9-12H2,1-2H3/t14?,15?,16-/m0/s1. The van der Waals surface area contributed by atoms with Crippen molar-refractivity contribution in [3.05, 3.63) is 23.8 Å². The molecule has 1 aromatic carbocycles. The summed E-state index contributed by atoms with van der Waals surface area (Å²) >= 11 is 0. The second-order valence-corrected chi connectivity index (χ2v) is 9.30. The van der Waals surface area contributed by atoms with Crippen molar-refractivity contribution in [3.8, 4) is 5.75 Å². The van der Waals surface area contributed by atoms with Crippen LogP contribution in [0.25, 0.3) is 0 Å². The molecule has 0 spiro atoms. The number of rotatable bonds is 7. The maximum atomic E-state index is 13.2. The largest absolute Gasteiger partial charge is 0.492 e. The maximum Gasteiger partial charge on any atom is 0.324 e. The van der Waals surface area contributed by atoms with Crippen molar-refractivity contribution in [2.24, 2.45) is 11.8 Å². The Morgan fingerprint density at radius 3 is 2.70 bits per heavy atom. The summed E-state index contributed by atoms with van der Waals surface area (Å²) in [5.74, 6) is 0.436. The van der Waals surface area contributed by atoms with E-state index in [9.17, 15) is 13.2 Å². The molecule has 1 N–H and O–H groups in total. The van der Waals surface area contributed by atoms with Crippen LogP contribution in [-0.2, 0) is 19.6 Å². The van der Waals surface area contributed by atoms with Gasteiger partial charge in [-0.15, -0.1) is 0 Å². The zero-order chi connectivity index (χ0) is 19.6. The number of methoxy groups -OCH3 is 1. The van der Waals surface area contributed by atoms with Crippen LogP contribution >= 0.6 is 0 Å². The molecule has 1 aromatic rings. The highest BCUT2D eigenvalue weighted by atomic mass is 32.2. The first-order valence-corrected chi connectivity index (χ1v) is 10.7. The maximum absolute atomic E-state index is 13.2. The van der Waals surface area contributed by atoms with Crippen molar-refractivity contribution in [1.29, 1.82) is 0 Å². The highest BCUT2D eigenvalue weighted by Crippen LogP contribution is 2.36. The Balaban J connectivity index is 1.81. The zero-order valence-corrected chi connectivity index (χ0v) is 16.6. The van der Waals surface area contributed by atoms with Crippen LogP contribution in [0.2, 0.25) is 0 Å². The lowest BCUT2D eigenvalue weighted by molar-refractivity contribution is -0.144. The predicted octanol–water partition coefficient (Wildman–Crippen LogP) is 1.72. The molecule has 1 aliphatic carbocycles. The quantitative estimate of drug-likeness (QED) is 0.704. The number of carbonyl (C=O) groups excluding carboxylic acids is 1. The molecule has 3 rings (SSSR count). The molecule has 0 amide bonds. The van der Waals surface area contributed by atoms with Crippen LogP contribution < -0.4 is 4.74 Å². The molecule has 8 heteroatoms. The van der Waals surface area contributed by atoms with E-state index in [0.29, 0.717) is 37.0 Å². The Kier molecular flexibility index (Phi) is 6.08. The van der Waals surface area contributed by atoms with Crippen LogP contribution in [0, 0.1) is 18.8 Å². The zero-order valence-electron chi connectivity index (χ0n) is 15.8. The lowest BCUT2D eigenvalue weighted by Crippen LogP contribution is -2.41. The summed E-state index contributed by atoms with van der Waals surface area (Å²) in [7, 11) is -2.61. The summed E-state index contributed by atoms with van der Waals surface area (Å²) in [4.78, 5) is 12.1. The first kappa shape index (κ1) is 20.1. The van der Waals surface area contributed by atoms with Crippen molar-refractivity contribution in [1.82, 2.24) is 4.31 Å². The number of benzene rings is 1. The molecule has 1 saturated heterocycles. The summed E-state index contributed by atoms with van der Waals surface area (Å²) in [6.45, 7) is 2.77. The van der Waals surface area contributed by atoms with Gasteiger partial charge in [0.05, 0.1) is 13.7 Å². The molecule has 0 bridgehead atoms. The van der Waals surface area contributed by atoms with Gasteiger partial charge in [-0.25, -0.2) is 8.42 Å². The molecule has 0 aromatic heterocycles. The minimum absolute atomic E-state index is 0.0851. The van der Waals surface area contributed by atoms with Gasteiger partial charge in [0.2, 0.25) is 10.0 Å². The monoisotopic (exact) mass is 397 g/mol. The SMILES string of the molecule is COC(=O)[C@@H]1CCCN1S(=O)(=O)c1ccc(C)cc1OCC1CC(CO)C1. The van der Waals surface area contributed by atoms with Gasteiger partial charge < -0.3 is 14.6 Å². The van der Waals surface area contributed by atoms with E-state index in [1.165, 1.54) is 11.4 Å². The van der Waals surface area contributed by atoms with Crippen LogP contribution in [-0.4, -0.2) is 56.7 Å². The summed E-state index contributed by atoms with van der Waals surface area (Å²) in [6.07, 6.45) is 2.85. The number of nitrogens with zero attached hydrogens (tertiary/aromatic N) is 1. The van der Waals surface area contributed by atoms with E-state index in [1.54, 1.807) is 18.2 Å². The number of hydrogen-bond donors (Lipinski definition) is 1. The van der Waals surface area contributed by atoms with E-state index in [-0.39, 0.29) is 18.0 Å².